The van der Waals surface area contributed by atoms with E-state index in [1.165, 1.54) is 11.3 Å². The Hall–Kier alpha value is -3.39. The second kappa shape index (κ2) is 8.77. The van der Waals surface area contributed by atoms with E-state index in [0.29, 0.717) is 10.9 Å². The number of ether oxygens (including phenoxy) is 2. The molecule has 0 spiro atoms. The lowest BCUT2D eigenvalue weighted by Gasteiger charge is -2.14. The fourth-order valence-electron chi connectivity index (χ4n) is 3.26. The van der Waals surface area contributed by atoms with E-state index in [0.717, 1.165) is 33.9 Å². The van der Waals surface area contributed by atoms with Gasteiger partial charge in [-0.15, -0.1) is 16.4 Å². The SMILES string of the molecule is COc1cccc(-c2csc3nc(NC(=O)COc4cc(C)ccc4C(C)C)nn23)c1. The fourth-order valence-corrected chi connectivity index (χ4v) is 4.09. The van der Waals surface area contributed by atoms with Crippen molar-refractivity contribution in [3.05, 3.63) is 59.0 Å². The molecule has 7 nitrogen and oxygen atoms in total. The van der Waals surface area contributed by atoms with E-state index in [-0.39, 0.29) is 18.5 Å². The summed E-state index contributed by atoms with van der Waals surface area (Å²) in [5.41, 5.74) is 3.99. The maximum absolute atomic E-state index is 12.5. The Morgan fingerprint density at radius 3 is 2.84 bits per heavy atom. The second-order valence-corrected chi connectivity index (χ2v) is 8.35. The summed E-state index contributed by atoms with van der Waals surface area (Å²) >= 11 is 1.45. The Kier molecular flexibility index (Phi) is 5.90. The minimum atomic E-state index is -0.308. The fraction of sp³-hybridized carbons (Fsp3) is 0.261. The van der Waals surface area contributed by atoms with E-state index in [1.807, 2.05) is 54.8 Å². The molecular weight excluding hydrogens is 412 g/mol. The Bertz CT molecular complexity index is 1230. The number of nitrogens with one attached hydrogen (secondary N) is 1. The van der Waals surface area contributed by atoms with Crippen LogP contribution in [0.25, 0.3) is 16.2 Å². The van der Waals surface area contributed by atoms with Gasteiger partial charge in [-0.25, -0.2) is 4.52 Å². The van der Waals surface area contributed by atoms with Gasteiger partial charge in [0.25, 0.3) is 11.9 Å². The van der Waals surface area contributed by atoms with Crippen molar-refractivity contribution in [2.45, 2.75) is 26.7 Å². The molecule has 0 radical (unpaired) electrons. The summed E-state index contributed by atoms with van der Waals surface area (Å²) < 4.78 is 12.8. The van der Waals surface area contributed by atoms with Crippen LogP contribution in [0.3, 0.4) is 0 Å². The van der Waals surface area contributed by atoms with Crippen LogP contribution in [0.4, 0.5) is 5.95 Å². The van der Waals surface area contributed by atoms with Crippen molar-refractivity contribution in [3.8, 4) is 22.8 Å². The van der Waals surface area contributed by atoms with E-state index >= 15 is 0 Å². The Morgan fingerprint density at radius 1 is 1.23 bits per heavy atom. The average molecular weight is 437 g/mol. The van der Waals surface area contributed by atoms with Crippen LogP contribution in [0.2, 0.25) is 0 Å². The molecule has 4 aromatic rings. The molecule has 0 bridgehead atoms. The van der Waals surface area contributed by atoms with E-state index in [2.05, 4.69) is 29.2 Å². The summed E-state index contributed by atoms with van der Waals surface area (Å²) in [6, 6.07) is 13.8. The third-order valence-corrected chi connectivity index (χ3v) is 5.66. The lowest BCUT2D eigenvalue weighted by Crippen LogP contribution is -2.21. The zero-order valence-corrected chi connectivity index (χ0v) is 18.7. The predicted molar refractivity (Wildman–Crippen MR) is 122 cm³/mol. The zero-order valence-electron chi connectivity index (χ0n) is 17.9. The van der Waals surface area contributed by atoms with Crippen LogP contribution < -0.4 is 14.8 Å². The Balaban J connectivity index is 1.48. The molecular formula is C23H24N4O3S. The van der Waals surface area contributed by atoms with Gasteiger partial charge < -0.3 is 9.47 Å². The molecule has 0 atom stereocenters. The molecule has 160 valence electrons. The number of aromatic nitrogens is 3. The molecule has 1 amide bonds. The minimum Gasteiger partial charge on any atom is -0.497 e. The number of nitrogens with zero attached hydrogens (tertiary/aromatic N) is 3. The number of thiazole rings is 1. The summed E-state index contributed by atoms with van der Waals surface area (Å²) in [6.07, 6.45) is 0. The van der Waals surface area contributed by atoms with Crippen molar-refractivity contribution in [1.82, 2.24) is 14.6 Å². The lowest BCUT2D eigenvalue weighted by atomic mass is 10.0. The van der Waals surface area contributed by atoms with Crippen molar-refractivity contribution in [2.75, 3.05) is 19.0 Å². The molecule has 0 aliphatic rings. The first-order valence-electron chi connectivity index (χ1n) is 9.96. The van der Waals surface area contributed by atoms with Gasteiger partial charge in [-0.05, 0) is 42.2 Å². The highest BCUT2D eigenvalue weighted by atomic mass is 32.1. The number of methoxy groups -OCH3 is 1. The third kappa shape index (κ3) is 4.54. The maximum atomic E-state index is 12.5. The summed E-state index contributed by atoms with van der Waals surface area (Å²) in [4.78, 5) is 17.5. The number of rotatable bonds is 7. The zero-order chi connectivity index (χ0) is 22.0. The average Bonchev–Trinajstić information content (AvgIpc) is 3.32. The number of amides is 1. The number of hydrogen-bond acceptors (Lipinski definition) is 6. The van der Waals surface area contributed by atoms with Gasteiger partial charge in [-0.2, -0.15) is 4.98 Å². The van der Waals surface area contributed by atoms with E-state index in [1.54, 1.807) is 11.6 Å². The molecule has 0 aliphatic heterocycles. The maximum Gasteiger partial charge on any atom is 0.264 e. The van der Waals surface area contributed by atoms with Crippen LogP contribution >= 0.6 is 11.3 Å². The van der Waals surface area contributed by atoms with Gasteiger partial charge >= 0.3 is 0 Å². The van der Waals surface area contributed by atoms with Gasteiger partial charge in [0.15, 0.2) is 6.61 Å². The smallest absolute Gasteiger partial charge is 0.264 e. The number of carbonyl (C=O) groups is 1. The summed E-state index contributed by atoms with van der Waals surface area (Å²) in [5.74, 6) is 1.73. The van der Waals surface area contributed by atoms with Crippen LogP contribution in [0.1, 0.15) is 30.9 Å². The van der Waals surface area contributed by atoms with Crippen LogP contribution in [0.15, 0.2) is 47.8 Å². The second-order valence-electron chi connectivity index (χ2n) is 7.52. The highest BCUT2D eigenvalue weighted by Gasteiger charge is 2.15. The molecule has 0 unspecified atom stereocenters. The van der Waals surface area contributed by atoms with Crippen molar-refractivity contribution in [3.63, 3.8) is 0 Å². The molecule has 4 rings (SSSR count). The Morgan fingerprint density at radius 2 is 2.06 bits per heavy atom. The third-order valence-electron chi connectivity index (χ3n) is 4.85. The van der Waals surface area contributed by atoms with Crippen molar-refractivity contribution in [1.29, 1.82) is 0 Å². The summed E-state index contributed by atoms with van der Waals surface area (Å²) in [5, 5.41) is 9.15. The number of hydrogen-bond donors (Lipinski definition) is 1. The first-order chi connectivity index (χ1) is 14.9. The van der Waals surface area contributed by atoms with Gasteiger partial charge in [-0.3, -0.25) is 10.1 Å². The number of fused-ring (bicyclic) bond motifs is 1. The molecule has 0 saturated carbocycles. The molecule has 2 heterocycles. The topological polar surface area (TPSA) is 77.8 Å². The normalized spacial score (nSPS) is 11.1. The molecule has 1 N–H and O–H groups in total. The molecule has 0 aliphatic carbocycles. The molecule has 8 heteroatoms. The number of anilines is 1. The largest absolute Gasteiger partial charge is 0.497 e. The van der Waals surface area contributed by atoms with Crippen LogP contribution in [0.5, 0.6) is 11.5 Å². The molecule has 2 aromatic heterocycles. The molecule has 0 saturated heterocycles. The van der Waals surface area contributed by atoms with Gasteiger partial charge in [0.05, 0.1) is 12.8 Å². The van der Waals surface area contributed by atoms with Crippen LogP contribution in [-0.2, 0) is 4.79 Å². The number of aryl methyl sites for hydroxylation is 1. The van der Waals surface area contributed by atoms with Gasteiger partial charge in [0.2, 0.25) is 4.96 Å². The van der Waals surface area contributed by atoms with Crippen molar-refractivity contribution < 1.29 is 14.3 Å². The molecule has 0 fully saturated rings. The van der Waals surface area contributed by atoms with E-state index < -0.39 is 0 Å². The highest BCUT2D eigenvalue weighted by molar-refractivity contribution is 7.15. The summed E-state index contributed by atoms with van der Waals surface area (Å²) in [7, 11) is 1.63. The quantitative estimate of drug-likeness (QED) is 0.445. The lowest BCUT2D eigenvalue weighted by molar-refractivity contribution is -0.118. The van der Waals surface area contributed by atoms with Crippen molar-refractivity contribution in [2.24, 2.45) is 0 Å². The van der Waals surface area contributed by atoms with Crippen LogP contribution in [0, 0.1) is 6.92 Å². The summed E-state index contributed by atoms with van der Waals surface area (Å²) in [6.45, 7) is 6.08. The van der Waals surface area contributed by atoms with Gasteiger partial charge in [-0.1, -0.05) is 38.1 Å². The minimum absolute atomic E-state index is 0.112. The van der Waals surface area contributed by atoms with E-state index in [4.69, 9.17) is 9.47 Å². The highest BCUT2D eigenvalue weighted by Crippen LogP contribution is 2.29. The van der Waals surface area contributed by atoms with Crippen LogP contribution in [-0.4, -0.2) is 34.2 Å². The van der Waals surface area contributed by atoms with Crippen molar-refractivity contribution >= 4 is 28.2 Å². The molecule has 2 aromatic carbocycles. The predicted octanol–water partition coefficient (Wildman–Crippen LogP) is 4.92. The Labute approximate surface area is 184 Å². The van der Waals surface area contributed by atoms with Gasteiger partial charge in [0, 0.05) is 10.9 Å². The number of carbonyl (C=O) groups excluding carboxylic acids is 1. The van der Waals surface area contributed by atoms with E-state index in [9.17, 15) is 4.79 Å². The number of benzene rings is 2. The first kappa shape index (κ1) is 20.9. The van der Waals surface area contributed by atoms with Gasteiger partial charge in [0.1, 0.15) is 11.5 Å². The first-order valence-corrected chi connectivity index (χ1v) is 10.8. The monoisotopic (exact) mass is 436 g/mol. The molecule has 31 heavy (non-hydrogen) atoms. The standard InChI is InChI=1S/C23H24N4O3S/c1-14(2)18-9-8-15(3)10-20(18)30-12-21(28)24-22-25-23-27(26-22)19(13-31-23)16-6-5-7-17(11-16)29-4/h5-11,13-14H,12H2,1-4H3,(H,24,26,28).